The van der Waals surface area contributed by atoms with Gasteiger partial charge in [-0.15, -0.1) is 0 Å². The number of fused-ring (bicyclic) bond motifs is 1. The van der Waals surface area contributed by atoms with E-state index in [1.807, 2.05) is 6.07 Å². The summed E-state index contributed by atoms with van der Waals surface area (Å²) in [5.41, 5.74) is 7.32. The predicted molar refractivity (Wildman–Crippen MR) is 109 cm³/mol. The number of hydrogen-bond acceptors (Lipinski definition) is 6. The second kappa shape index (κ2) is 8.65. The van der Waals surface area contributed by atoms with E-state index in [0.717, 1.165) is 23.6 Å². The van der Waals surface area contributed by atoms with E-state index in [2.05, 4.69) is 10.6 Å². The average molecular weight is 412 g/mol. The van der Waals surface area contributed by atoms with Crippen LogP contribution in [0.4, 0.5) is 0 Å². The molecule has 1 aliphatic carbocycles. The van der Waals surface area contributed by atoms with Crippen LogP contribution in [0.25, 0.3) is 0 Å². The summed E-state index contributed by atoms with van der Waals surface area (Å²) in [7, 11) is 0. The summed E-state index contributed by atoms with van der Waals surface area (Å²) in [6, 6.07) is 4.31. The van der Waals surface area contributed by atoms with Gasteiger partial charge in [-0.2, -0.15) is 0 Å². The molecule has 160 valence electrons. The third-order valence-electron chi connectivity index (χ3n) is 6.57. The number of carbonyl (C=O) groups is 4. The fourth-order valence-electron chi connectivity index (χ4n) is 4.72. The normalized spacial score (nSPS) is 26.7. The van der Waals surface area contributed by atoms with Gasteiger partial charge in [-0.3, -0.25) is 29.4 Å². The molecule has 0 radical (unpaired) electrons. The average Bonchev–Trinajstić information content (AvgIpc) is 2.99. The van der Waals surface area contributed by atoms with E-state index < -0.39 is 23.8 Å². The van der Waals surface area contributed by atoms with Crippen molar-refractivity contribution in [3.63, 3.8) is 0 Å². The molecule has 1 aromatic rings. The largest absolute Gasteiger partial charge is 0.330 e. The van der Waals surface area contributed by atoms with Gasteiger partial charge in [0.15, 0.2) is 0 Å². The van der Waals surface area contributed by atoms with Crippen molar-refractivity contribution in [2.75, 3.05) is 13.1 Å². The number of hydrogen-bond donors (Lipinski definition) is 3. The third-order valence-corrected chi connectivity index (χ3v) is 6.57. The molecule has 1 atom stereocenters. The topological polar surface area (TPSA) is 122 Å². The molecule has 1 aromatic carbocycles. The van der Waals surface area contributed by atoms with Crippen molar-refractivity contribution >= 4 is 23.6 Å². The molecule has 4 amide bonds. The number of nitrogens with one attached hydrogen (secondary N) is 2. The van der Waals surface area contributed by atoms with Crippen molar-refractivity contribution in [2.24, 2.45) is 17.6 Å². The quantitative estimate of drug-likeness (QED) is 0.598. The number of carbonyl (C=O) groups excluding carboxylic acids is 4. The Morgan fingerprint density at radius 1 is 0.967 bits per heavy atom. The maximum Gasteiger partial charge on any atom is 0.262 e. The molecule has 4 rings (SSSR count). The van der Waals surface area contributed by atoms with Crippen LogP contribution in [0.15, 0.2) is 18.2 Å². The first-order chi connectivity index (χ1) is 14.5. The van der Waals surface area contributed by atoms with Gasteiger partial charge in [0.05, 0.1) is 11.1 Å². The minimum atomic E-state index is -0.930. The van der Waals surface area contributed by atoms with Gasteiger partial charge in [0, 0.05) is 13.0 Å². The Labute approximate surface area is 175 Å². The first-order valence-electron chi connectivity index (χ1n) is 10.7. The molecule has 4 N–H and O–H groups in total. The van der Waals surface area contributed by atoms with Crippen LogP contribution in [-0.4, -0.2) is 47.7 Å². The summed E-state index contributed by atoms with van der Waals surface area (Å²) >= 11 is 0. The smallest absolute Gasteiger partial charge is 0.262 e. The fraction of sp³-hybridized carbons (Fsp3) is 0.545. The molecule has 2 fully saturated rings. The van der Waals surface area contributed by atoms with Crippen molar-refractivity contribution in [3.05, 3.63) is 34.9 Å². The van der Waals surface area contributed by atoms with Gasteiger partial charge in [-0.1, -0.05) is 6.07 Å². The van der Waals surface area contributed by atoms with Gasteiger partial charge < -0.3 is 11.1 Å². The number of amides is 4. The molecular formula is C22H28N4O4. The maximum absolute atomic E-state index is 12.9. The molecule has 0 bridgehead atoms. The molecule has 0 spiro atoms. The molecule has 30 heavy (non-hydrogen) atoms. The summed E-state index contributed by atoms with van der Waals surface area (Å²) in [6.45, 7) is 2.31. The fourth-order valence-corrected chi connectivity index (χ4v) is 4.72. The molecule has 2 aliphatic heterocycles. The highest BCUT2D eigenvalue weighted by Gasteiger charge is 2.44. The van der Waals surface area contributed by atoms with Crippen molar-refractivity contribution in [2.45, 2.75) is 51.1 Å². The zero-order valence-corrected chi connectivity index (χ0v) is 17.0. The highest BCUT2D eigenvalue weighted by Crippen LogP contribution is 2.29. The van der Waals surface area contributed by atoms with Crippen LogP contribution in [0.3, 0.4) is 0 Å². The summed E-state index contributed by atoms with van der Waals surface area (Å²) in [5.74, 6) is -0.598. The highest BCUT2D eigenvalue weighted by atomic mass is 16.2. The Balaban J connectivity index is 1.37. The van der Waals surface area contributed by atoms with Gasteiger partial charge >= 0.3 is 0 Å². The molecule has 0 aromatic heterocycles. The van der Waals surface area contributed by atoms with Gasteiger partial charge in [0.1, 0.15) is 6.04 Å². The van der Waals surface area contributed by atoms with Crippen molar-refractivity contribution in [1.29, 1.82) is 0 Å². The predicted octanol–water partition coefficient (Wildman–Crippen LogP) is 0.942. The summed E-state index contributed by atoms with van der Waals surface area (Å²) in [6.07, 6.45) is 5.03. The Kier molecular flexibility index (Phi) is 5.97. The minimum Gasteiger partial charge on any atom is -0.330 e. The van der Waals surface area contributed by atoms with E-state index in [-0.39, 0.29) is 18.7 Å². The van der Waals surface area contributed by atoms with Crippen LogP contribution >= 0.6 is 0 Å². The zero-order valence-electron chi connectivity index (χ0n) is 17.0. The highest BCUT2D eigenvalue weighted by molar-refractivity contribution is 6.23. The lowest BCUT2D eigenvalue weighted by Gasteiger charge is -2.27. The van der Waals surface area contributed by atoms with Crippen molar-refractivity contribution in [1.82, 2.24) is 15.5 Å². The molecule has 2 heterocycles. The van der Waals surface area contributed by atoms with Crippen LogP contribution in [0, 0.1) is 11.8 Å². The monoisotopic (exact) mass is 412 g/mol. The maximum atomic E-state index is 12.9. The molecule has 3 aliphatic rings. The Hall–Kier alpha value is -2.58. The SMILES string of the molecule is NCC1CCC(CNCc2ccc3c(c2)C(=O)N(C2CCC(=O)NC2=O)C3=O)CC1. The van der Waals surface area contributed by atoms with Crippen molar-refractivity contribution in [3.8, 4) is 0 Å². The standard InChI is InChI=1S/C22H28N4O4/c23-10-13-1-3-14(4-2-13)11-24-12-15-5-6-16-17(9-15)22(30)26(21(16)29)18-7-8-19(27)25-20(18)28/h5-6,9,13-14,18,24H,1-4,7-8,10-12,23H2,(H,25,27,28). The third kappa shape index (κ3) is 4.02. The molecule has 1 saturated heterocycles. The van der Waals surface area contributed by atoms with E-state index in [1.165, 1.54) is 25.7 Å². The van der Waals surface area contributed by atoms with E-state index in [1.54, 1.807) is 12.1 Å². The molecule has 1 unspecified atom stereocenters. The Bertz CT molecular complexity index is 876. The van der Waals surface area contributed by atoms with Gasteiger partial charge in [-0.05, 0) is 74.7 Å². The second-order valence-corrected chi connectivity index (χ2v) is 8.58. The molecule has 8 heteroatoms. The zero-order chi connectivity index (χ0) is 21.3. The number of benzene rings is 1. The van der Waals surface area contributed by atoms with Crippen molar-refractivity contribution < 1.29 is 19.2 Å². The lowest BCUT2D eigenvalue weighted by atomic mass is 9.82. The number of nitrogens with zero attached hydrogens (tertiary/aromatic N) is 1. The summed E-state index contributed by atoms with van der Waals surface area (Å²) < 4.78 is 0. The van der Waals surface area contributed by atoms with Crippen LogP contribution in [-0.2, 0) is 16.1 Å². The Morgan fingerprint density at radius 3 is 2.37 bits per heavy atom. The van der Waals surface area contributed by atoms with Crippen LogP contribution in [0.2, 0.25) is 0 Å². The molecular weight excluding hydrogens is 384 g/mol. The minimum absolute atomic E-state index is 0.117. The molecule has 8 nitrogen and oxygen atoms in total. The number of piperidine rings is 1. The van der Waals surface area contributed by atoms with E-state index in [9.17, 15) is 19.2 Å². The van der Waals surface area contributed by atoms with Crippen LogP contribution in [0.5, 0.6) is 0 Å². The van der Waals surface area contributed by atoms with E-state index in [0.29, 0.717) is 29.5 Å². The molecule has 1 saturated carbocycles. The van der Waals surface area contributed by atoms with Gasteiger partial charge in [0.2, 0.25) is 11.8 Å². The lowest BCUT2D eigenvalue weighted by molar-refractivity contribution is -0.136. The summed E-state index contributed by atoms with van der Waals surface area (Å²) in [4.78, 5) is 50.1. The van der Waals surface area contributed by atoms with E-state index in [4.69, 9.17) is 5.73 Å². The lowest BCUT2D eigenvalue weighted by Crippen LogP contribution is -2.54. The number of imide groups is 2. The van der Waals surface area contributed by atoms with Crippen LogP contribution in [0.1, 0.15) is 64.8 Å². The van der Waals surface area contributed by atoms with Gasteiger partial charge in [0.25, 0.3) is 11.8 Å². The first kappa shape index (κ1) is 20.7. The van der Waals surface area contributed by atoms with Crippen LogP contribution < -0.4 is 16.4 Å². The Morgan fingerprint density at radius 2 is 1.67 bits per heavy atom. The summed E-state index contributed by atoms with van der Waals surface area (Å²) in [5, 5.41) is 5.68. The second-order valence-electron chi connectivity index (χ2n) is 8.58. The first-order valence-corrected chi connectivity index (χ1v) is 10.7. The van der Waals surface area contributed by atoms with Gasteiger partial charge in [-0.25, -0.2) is 0 Å². The van der Waals surface area contributed by atoms with E-state index >= 15 is 0 Å². The number of nitrogens with two attached hydrogens (primary N) is 1. The number of rotatable bonds is 6.